The smallest absolute Gasteiger partial charge is 0.186 e. The molecule has 1 fully saturated rings. The van der Waals surface area contributed by atoms with Crippen LogP contribution >= 0.6 is 0 Å². The van der Waals surface area contributed by atoms with Gasteiger partial charge in [0.05, 0.1) is 19.3 Å². The SMILES string of the molecule is CC(CC[C@H]1C(CO)=CC(=O)CC1(C)C)O[C@@H]1O[C@H](CO)[C@@H](O)[C@H](O)[C@H]1O. The summed E-state index contributed by atoms with van der Waals surface area (Å²) in [4.78, 5) is 11.8. The molecule has 0 aromatic carbocycles. The fraction of sp³-hybridized carbons (Fsp3) is 0.842. The molecule has 1 aliphatic heterocycles. The summed E-state index contributed by atoms with van der Waals surface area (Å²) >= 11 is 0. The molecule has 8 nitrogen and oxygen atoms in total. The van der Waals surface area contributed by atoms with Crippen LogP contribution in [-0.4, -0.2) is 81.3 Å². The zero-order valence-corrected chi connectivity index (χ0v) is 16.1. The van der Waals surface area contributed by atoms with Crippen LogP contribution in [0, 0.1) is 11.3 Å². The van der Waals surface area contributed by atoms with Crippen LogP contribution in [0.3, 0.4) is 0 Å². The van der Waals surface area contributed by atoms with E-state index in [-0.39, 0.29) is 29.8 Å². The highest BCUT2D eigenvalue weighted by Crippen LogP contribution is 2.42. The van der Waals surface area contributed by atoms with Crippen molar-refractivity contribution >= 4 is 5.78 Å². The van der Waals surface area contributed by atoms with Gasteiger partial charge in [-0.2, -0.15) is 0 Å². The van der Waals surface area contributed by atoms with Gasteiger partial charge >= 0.3 is 0 Å². The van der Waals surface area contributed by atoms with Gasteiger partial charge in [0.25, 0.3) is 0 Å². The Bertz CT molecular complexity index is 544. The normalized spacial score (nSPS) is 37.8. The van der Waals surface area contributed by atoms with Gasteiger partial charge in [0, 0.05) is 6.42 Å². The molecule has 0 spiro atoms. The van der Waals surface area contributed by atoms with Gasteiger partial charge in [0.2, 0.25) is 0 Å². The molecule has 7 atom stereocenters. The summed E-state index contributed by atoms with van der Waals surface area (Å²) in [5.74, 6) is 0.0481. The van der Waals surface area contributed by atoms with E-state index < -0.39 is 37.3 Å². The summed E-state index contributed by atoms with van der Waals surface area (Å²) in [7, 11) is 0. The van der Waals surface area contributed by atoms with Crippen molar-refractivity contribution in [2.24, 2.45) is 11.3 Å². The highest BCUT2D eigenvalue weighted by Gasteiger charge is 2.44. The first kappa shape index (κ1) is 22.4. The number of aliphatic hydroxyl groups is 5. The van der Waals surface area contributed by atoms with Gasteiger partial charge in [-0.15, -0.1) is 0 Å². The van der Waals surface area contributed by atoms with Crippen molar-refractivity contribution in [2.75, 3.05) is 13.2 Å². The molecule has 1 aliphatic carbocycles. The first-order valence-electron chi connectivity index (χ1n) is 9.40. The van der Waals surface area contributed by atoms with Gasteiger partial charge in [0.15, 0.2) is 12.1 Å². The molecule has 1 saturated heterocycles. The molecule has 0 radical (unpaired) electrons. The van der Waals surface area contributed by atoms with Crippen LogP contribution in [0.2, 0.25) is 0 Å². The fourth-order valence-corrected chi connectivity index (χ4v) is 4.04. The molecule has 2 rings (SSSR count). The molecule has 5 N–H and O–H groups in total. The van der Waals surface area contributed by atoms with E-state index in [1.807, 2.05) is 13.8 Å². The highest BCUT2D eigenvalue weighted by molar-refractivity contribution is 5.92. The molecule has 0 amide bonds. The van der Waals surface area contributed by atoms with Gasteiger partial charge in [0.1, 0.15) is 24.4 Å². The summed E-state index contributed by atoms with van der Waals surface area (Å²) in [5, 5.41) is 48.5. The predicted octanol–water partition coefficient (Wildman–Crippen LogP) is -0.494. The van der Waals surface area contributed by atoms with E-state index in [0.717, 1.165) is 5.57 Å². The van der Waals surface area contributed by atoms with Crippen LogP contribution in [0.1, 0.15) is 40.0 Å². The Hall–Kier alpha value is -0.870. The van der Waals surface area contributed by atoms with E-state index in [0.29, 0.717) is 19.3 Å². The van der Waals surface area contributed by atoms with E-state index in [9.17, 15) is 30.3 Å². The third-order valence-corrected chi connectivity index (χ3v) is 5.63. The average molecular weight is 388 g/mol. The molecule has 27 heavy (non-hydrogen) atoms. The molecule has 0 saturated carbocycles. The van der Waals surface area contributed by atoms with Crippen LogP contribution in [0.15, 0.2) is 11.6 Å². The van der Waals surface area contributed by atoms with Gasteiger partial charge in [-0.25, -0.2) is 0 Å². The zero-order valence-electron chi connectivity index (χ0n) is 16.1. The molecular weight excluding hydrogens is 356 g/mol. The van der Waals surface area contributed by atoms with Crippen molar-refractivity contribution in [3.63, 3.8) is 0 Å². The maximum Gasteiger partial charge on any atom is 0.186 e. The predicted molar refractivity (Wildman–Crippen MR) is 95.6 cm³/mol. The van der Waals surface area contributed by atoms with Crippen molar-refractivity contribution in [3.8, 4) is 0 Å². The molecule has 0 bridgehead atoms. The molecule has 0 aromatic rings. The minimum atomic E-state index is -1.47. The molecule has 1 heterocycles. The zero-order chi connectivity index (χ0) is 20.4. The highest BCUT2D eigenvalue weighted by atomic mass is 16.7. The molecule has 8 heteroatoms. The number of aliphatic hydroxyl groups excluding tert-OH is 5. The monoisotopic (exact) mass is 388 g/mol. The summed E-state index contributed by atoms with van der Waals surface area (Å²) in [6, 6.07) is 0. The first-order valence-corrected chi connectivity index (χ1v) is 9.40. The average Bonchev–Trinajstić information content (AvgIpc) is 2.59. The molecule has 1 unspecified atom stereocenters. The quantitative estimate of drug-likeness (QED) is 0.394. The van der Waals surface area contributed by atoms with E-state index in [2.05, 4.69) is 0 Å². The van der Waals surface area contributed by atoms with Gasteiger partial charge < -0.3 is 35.0 Å². The Morgan fingerprint density at radius 2 is 1.89 bits per heavy atom. The third-order valence-electron chi connectivity index (χ3n) is 5.63. The molecule has 156 valence electrons. The summed E-state index contributed by atoms with van der Waals surface area (Å²) in [6.45, 7) is 5.13. The number of hydrogen-bond acceptors (Lipinski definition) is 8. The largest absolute Gasteiger partial charge is 0.394 e. The molecule has 0 aromatic heterocycles. The van der Waals surface area contributed by atoms with Crippen LogP contribution < -0.4 is 0 Å². The second-order valence-electron chi connectivity index (χ2n) is 8.28. The molecular formula is C19H32O8. The van der Waals surface area contributed by atoms with E-state index >= 15 is 0 Å². The van der Waals surface area contributed by atoms with Crippen molar-refractivity contribution < 1.29 is 39.8 Å². The van der Waals surface area contributed by atoms with Gasteiger partial charge in [-0.05, 0) is 42.7 Å². The topological polar surface area (TPSA) is 137 Å². The number of ether oxygens (including phenoxy) is 2. The van der Waals surface area contributed by atoms with E-state index in [4.69, 9.17) is 9.47 Å². The standard InChI is InChI=1S/C19H32O8/c1-10(26-18-17(25)16(24)15(23)14(9-21)27-18)4-5-13-11(8-20)6-12(22)7-19(13,2)3/h6,10,13-18,20-21,23-25H,4-5,7-9H2,1-3H3/t10?,13-,14+,15+,16-,17+,18+/m0/s1. The maximum atomic E-state index is 11.8. The molecule has 2 aliphatic rings. The Balaban J connectivity index is 1.96. The minimum Gasteiger partial charge on any atom is -0.394 e. The Morgan fingerprint density at radius 1 is 1.22 bits per heavy atom. The first-order chi connectivity index (χ1) is 12.6. The second kappa shape index (κ2) is 9.09. The third kappa shape index (κ3) is 5.14. The number of allylic oxidation sites excluding steroid dienone is 1. The lowest BCUT2D eigenvalue weighted by Gasteiger charge is -2.41. The summed E-state index contributed by atoms with van der Waals surface area (Å²) < 4.78 is 11.1. The lowest BCUT2D eigenvalue weighted by molar-refractivity contribution is -0.310. The maximum absolute atomic E-state index is 11.8. The van der Waals surface area contributed by atoms with Gasteiger partial charge in [-0.1, -0.05) is 13.8 Å². The van der Waals surface area contributed by atoms with E-state index in [1.165, 1.54) is 6.08 Å². The van der Waals surface area contributed by atoms with Gasteiger partial charge in [-0.3, -0.25) is 4.79 Å². The van der Waals surface area contributed by atoms with Crippen molar-refractivity contribution in [3.05, 3.63) is 11.6 Å². The summed E-state index contributed by atoms with van der Waals surface area (Å²) in [5.41, 5.74) is 0.448. The number of carbonyl (C=O) groups excluding carboxylic acids is 1. The minimum absolute atomic E-state index is 0.0194. The number of hydrogen-bond donors (Lipinski definition) is 5. The Kier molecular flexibility index (Phi) is 7.54. The summed E-state index contributed by atoms with van der Waals surface area (Å²) in [6.07, 6.45) is -3.64. The number of ketones is 1. The lowest BCUT2D eigenvalue weighted by atomic mass is 9.66. The van der Waals surface area contributed by atoms with Crippen molar-refractivity contribution in [2.45, 2.75) is 76.8 Å². The fourth-order valence-electron chi connectivity index (χ4n) is 4.04. The number of carbonyl (C=O) groups is 1. The van der Waals surface area contributed by atoms with E-state index in [1.54, 1.807) is 6.92 Å². The second-order valence-corrected chi connectivity index (χ2v) is 8.28. The van der Waals surface area contributed by atoms with Crippen LogP contribution in [0.25, 0.3) is 0 Å². The Labute approximate surface area is 159 Å². The van der Waals surface area contributed by atoms with Crippen LogP contribution in [0.5, 0.6) is 0 Å². The number of rotatable bonds is 7. The van der Waals surface area contributed by atoms with Crippen molar-refractivity contribution in [1.82, 2.24) is 0 Å². The van der Waals surface area contributed by atoms with Crippen LogP contribution in [0.4, 0.5) is 0 Å². The Morgan fingerprint density at radius 3 is 2.48 bits per heavy atom. The lowest BCUT2D eigenvalue weighted by Crippen LogP contribution is -2.59. The van der Waals surface area contributed by atoms with Crippen molar-refractivity contribution in [1.29, 1.82) is 0 Å². The van der Waals surface area contributed by atoms with Crippen LogP contribution in [-0.2, 0) is 14.3 Å².